The summed E-state index contributed by atoms with van der Waals surface area (Å²) < 4.78 is 0. The highest BCUT2D eigenvalue weighted by Crippen LogP contribution is 2.25. The summed E-state index contributed by atoms with van der Waals surface area (Å²) in [6.45, 7) is 15.6. The molecule has 0 aromatic heterocycles. The molecule has 0 aromatic carbocycles. The molecule has 80 valence electrons. The second kappa shape index (κ2) is 5.10. The van der Waals surface area contributed by atoms with E-state index >= 15 is 0 Å². The van der Waals surface area contributed by atoms with E-state index in [1.165, 1.54) is 0 Å². The maximum absolute atomic E-state index is 4.08. The van der Waals surface area contributed by atoms with E-state index in [1.807, 2.05) is 7.05 Å². The first-order valence-corrected chi connectivity index (χ1v) is 5.14. The molecule has 0 amide bonds. The van der Waals surface area contributed by atoms with Gasteiger partial charge in [0.05, 0.1) is 6.54 Å². The summed E-state index contributed by atoms with van der Waals surface area (Å²) in [5.41, 5.74) is 1.27. The largest absolute Gasteiger partial charge is 0.367 e. The monoisotopic (exact) mass is 193 g/mol. The molecule has 1 heteroatoms. The van der Waals surface area contributed by atoms with E-state index in [0.29, 0.717) is 5.92 Å². The average molecular weight is 193 g/mol. The minimum Gasteiger partial charge on any atom is -0.367 e. The number of hydrogen-bond donors (Lipinski definition) is 0. The van der Waals surface area contributed by atoms with Gasteiger partial charge < -0.3 is 4.90 Å². The van der Waals surface area contributed by atoms with Crippen molar-refractivity contribution in [3.8, 4) is 11.8 Å². The van der Waals surface area contributed by atoms with Gasteiger partial charge in [-0.3, -0.25) is 0 Å². The van der Waals surface area contributed by atoms with E-state index < -0.39 is 0 Å². The quantitative estimate of drug-likeness (QED) is 0.609. The molecule has 0 spiro atoms. The second-order valence-corrected chi connectivity index (χ2v) is 5.03. The molecule has 0 bridgehead atoms. The highest BCUT2D eigenvalue weighted by atomic mass is 15.1. The van der Waals surface area contributed by atoms with Crippen molar-refractivity contribution >= 4 is 0 Å². The molecule has 0 aliphatic heterocycles. The van der Waals surface area contributed by atoms with Crippen LogP contribution in [-0.4, -0.2) is 18.5 Å². The summed E-state index contributed by atoms with van der Waals surface area (Å²) in [7, 11) is 2.04. The smallest absolute Gasteiger partial charge is 0.0788 e. The SMILES string of the molecule is C=C(N(C)CC#CC(C)C)C(C)(C)C. The van der Waals surface area contributed by atoms with Crippen molar-refractivity contribution in [1.29, 1.82) is 0 Å². The van der Waals surface area contributed by atoms with Crippen LogP contribution in [0, 0.1) is 23.2 Å². The fraction of sp³-hybridized carbons (Fsp3) is 0.692. The lowest BCUT2D eigenvalue weighted by Gasteiger charge is -2.29. The van der Waals surface area contributed by atoms with Crippen LogP contribution in [0.4, 0.5) is 0 Å². The Labute approximate surface area is 89.2 Å². The summed E-state index contributed by atoms with van der Waals surface area (Å²) in [5, 5.41) is 0. The summed E-state index contributed by atoms with van der Waals surface area (Å²) in [4.78, 5) is 2.12. The van der Waals surface area contributed by atoms with Gasteiger partial charge in [-0.25, -0.2) is 0 Å². The zero-order valence-corrected chi connectivity index (χ0v) is 10.4. The first kappa shape index (κ1) is 13.1. The third-order valence-corrected chi connectivity index (χ3v) is 2.03. The lowest BCUT2D eigenvalue weighted by atomic mass is 9.92. The second-order valence-electron chi connectivity index (χ2n) is 5.03. The Morgan fingerprint density at radius 1 is 1.36 bits per heavy atom. The molecule has 0 atom stereocenters. The van der Waals surface area contributed by atoms with Crippen LogP contribution in [-0.2, 0) is 0 Å². The predicted molar refractivity (Wildman–Crippen MR) is 63.8 cm³/mol. The fourth-order valence-electron chi connectivity index (χ4n) is 1.04. The number of allylic oxidation sites excluding steroid dienone is 1. The zero-order valence-electron chi connectivity index (χ0n) is 10.4. The van der Waals surface area contributed by atoms with Crippen LogP contribution in [0.2, 0.25) is 0 Å². The van der Waals surface area contributed by atoms with Gasteiger partial charge >= 0.3 is 0 Å². The van der Waals surface area contributed by atoms with Crippen molar-refractivity contribution in [2.45, 2.75) is 34.6 Å². The first-order valence-electron chi connectivity index (χ1n) is 5.14. The lowest BCUT2D eigenvalue weighted by Crippen LogP contribution is -2.26. The molecule has 0 radical (unpaired) electrons. The molecule has 0 aliphatic rings. The molecule has 0 aromatic rings. The molecule has 0 N–H and O–H groups in total. The maximum Gasteiger partial charge on any atom is 0.0788 e. The van der Waals surface area contributed by atoms with Crippen LogP contribution in [0.15, 0.2) is 12.3 Å². The topological polar surface area (TPSA) is 3.24 Å². The molecule has 0 fully saturated rings. The van der Waals surface area contributed by atoms with E-state index in [-0.39, 0.29) is 5.41 Å². The van der Waals surface area contributed by atoms with Gasteiger partial charge in [0.15, 0.2) is 0 Å². The van der Waals surface area contributed by atoms with Crippen molar-refractivity contribution in [2.24, 2.45) is 11.3 Å². The van der Waals surface area contributed by atoms with Gasteiger partial charge in [-0.1, -0.05) is 53.0 Å². The molecule has 0 saturated heterocycles. The molecule has 1 nitrogen and oxygen atoms in total. The van der Waals surface area contributed by atoms with E-state index in [4.69, 9.17) is 0 Å². The van der Waals surface area contributed by atoms with Gasteiger partial charge in [0.25, 0.3) is 0 Å². The Balaban J connectivity index is 4.19. The van der Waals surface area contributed by atoms with Crippen molar-refractivity contribution in [3.05, 3.63) is 12.3 Å². The number of hydrogen-bond acceptors (Lipinski definition) is 1. The highest BCUT2D eigenvalue weighted by molar-refractivity contribution is 5.09. The van der Waals surface area contributed by atoms with Crippen molar-refractivity contribution < 1.29 is 0 Å². The van der Waals surface area contributed by atoms with Crippen molar-refractivity contribution in [2.75, 3.05) is 13.6 Å². The van der Waals surface area contributed by atoms with Crippen molar-refractivity contribution in [1.82, 2.24) is 4.90 Å². The minimum atomic E-state index is 0.133. The Hall–Kier alpha value is -0.900. The molecule has 0 unspecified atom stereocenters. The van der Waals surface area contributed by atoms with E-state index in [1.54, 1.807) is 0 Å². The predicted octanol–water partition coefficient (Wildman–Crippen LogP) is 3.14. The van der Waals surface area contributed by atoms with Crippen LogP contribution in [0.25, 0.3) is 0 Å². The van der Waals surface area contributed by atoms with Crippen LogP contribution in [0.5, 0.6) is 0 Å². The molecule has 0 rings (SSSR count). The van der Waals surface area contributed by atoms with Gasteiger partial charge in [0, 0.05) is 24.1 Å². The number of nitrogens with zero attached hydrogens (tertiary/aromatic N) is 1. The fourth-order valence-corrected chi connectivity index (χ4v) is 1.04. The molecular weight excluding hydrogens is 170 g/mol. The standard InChI is InChI=1S/C13H23N/c1-11(2)9-8-10-14(7)12(3)13(4,5)6/h11H,3,10H2,1-2,4-7H3. The Morgan fingerprint density at radius 2 is 1.86 bits per heavy atom. The minimum absolute atomic E-state index is 0.133. The molecule has 0 heterocycles. The number of rotatable bonds is 2. The highest BCUT2D eigenvalue weighted by Gasteiger charge is 2.17. The Bertz CT molecular complexity index is 245. The van der Waals surface area contributed by atoms with Gasteiger partial charge in [-0.15, -0.1) is 0 Å². The third kappa shape index (κ3) is 4.97. The zero-order chi connectivity index (χ0) is 11.4. The summed E-state index contributed by atoms with van der Waals surface area (Å²) in [6, 6.07) is 0. The van der Waals surface area contributed by atoms with Gasteiger partial charge in [0.2, 0.25) is 0 Å². The average Bonchev–Trinajstić information content (AvgIpc) is 2.00. The third-order valence-electron chi connectivity index (χ3n) is 2.03. The van der Waals surface area contributed by atoms with Crippen LogP contribution in [0.3, 0.4) is 0 Å². The molecule has 0 saturated carbocycles. The van der Waals surface area contributed by atoms with Crippen LogP contribution >= 0.6 is 0 Å². The van der Waals surface area contributed by atoms with Gasteiger partial charge in [-0.2, -0.15) is 0 Å². The Kier molecular flexibility index (Phi) is 4.77. The van der Waals surface area contributed by atoms with Crippen molar-refractivity contribution in [3.63, 3.8) is 0 Å². The first-order chi connectivity index (χ1) is 6.25. The Morgan fingerprint density at radius 3 is 2.21 bits per heavy atom. The van der Waals surface area contributed by atoms with Crippen LogP contribution in [0.1, 0.15) is 34.6 Å². The normalized spacial score (nSPS) is 10.8. The molecule has 0 aliphatic carbocycles. The summed E-state index contributed by atoms with van der Waals surface area (Å²) in [6.07, 6.45) is 0. The van der Waals surface area contributed by atoms with E-state index in [9.17, 15) is 0 Å². The molecular formula is C13H23N. The van der Waals surface area contributed by atoms with Gasteiger partial charge in [0.1, 0.15) is 0 Å². The van der Waals surface area contributed by atoms with Crippen LogP contribution < -0.4 is 0 Å². The van der Waals surface area contributed by atoms with E-state index in [2.05, 4.69) is 57.9 Å². The summed E-state index contributed by atoms with van der Waals surface area (Å²) >= 11 is 0. The van der Waals surface area contributed by atoms with E-state index in [0.717, 1.165) is 12.2 Å². The van der Waals surface area contributed by atoms with Gasteiger partial charge in [-0.05, 0) is 0 Å². The lowest BCUT2D eigenvalue weighted by molar-refractivity contribution is 0.337. The maximum atomic E-state index is 4.08. The molecule has 14 heavy (non-hydrogen) atoms. The summed E-state index contributed by atoms with van der Waals surface area (Å²) in [5.74, 6) is 6.75.